The standard InChI is InChI=1S/C20H32N4OS/c21-19(22-11-6-12-24-13-15-25-16-14-24)23-17-20(9-4-5-10-20)26-18-7-2-1-3-8-18/h1-3,7-8H,4-6,9-17H2,(H3,21,22,23). The lowest BCUT2D eigenvalue weighted by Gasteiger charge is -2.27. The van der Waals surface area contributed by atoms with Gasteiger partial charge in [-0.2, -0.15) is 0 Å². The van der Waals surface area contributed by atoms with Crippen LogP contribution in [0.5, 0.6) is 0 Å². The molecule has 1 saturated carbocycles. The van der Waals surface area contributed by atoms with Gasteiger partial charge in [0.15, 0.2) is 5.96 Å². The Balaban J connectivity index is 1.42. The molecule has 1 aromatic carbocycles. The van der Waals surface area contributed by atoms with Gasteiger partial charge in [0.25, 0.3) is 0 Å². The van der Waals surface area contributed by atoms with Crippen molar-refractivity contribution in [2.24, 2.45) is 10.7 Å². The van der Waals surface area contributed by atoms with Crippen LogP contribution in [0.1, 0.15) is 32.1 Å². The highest BCUT2D eigenvalue weighted by molar-refractivity contribution is 8.00. The number of benzene rings is 1. The summed E-state index contributed by atoms with van der Waals surface area (Å²) in [5, 5.41) is 3.29. The summed E-state index contributed by atoms with van der Waals surface area (Å²) in [6, 6.07) is 10.7. The Morgan fingerprint density at radius 1 is 1.19 bits per heavy atom. The molecular formula is C20H32N4OS. The van der Waals surface area contributed by atoms with E-state index in [0.717, 1.165) is 52.4 Å². The molecule has 1 heterocycles. The highest BCUT2D eigenvalue weighted by atomic mass is 32.2. The van der Waals surface area contributed by atoms with Crippen molar-refractivity contribution in [2.45, 2.75) is 41.7 Å². The summed E-state index contributed by atoms with van der Waals surface area (Å²) in [7, 11) is 0. The van der Waals surface area contributed by atoms with E-state index in [2.05, 4.69) is 45.5 Å². The van der Waals surface area contributed by atoms with Crippen molar-refractivity contribution in [1.82, 2.24) is 10.2 Å². The summed E-state index contributed by atoms with van der Waals surface area (Å²) >= 11 is 1.98. The van der Waals surface area contributed by atoms with Gasteiger partial charge in [0.2, 0.25) is 0 Å². The van der Waals surface area contributed by atoms with Crippen LogP contribution in [0.2, 0.25) is 0 Å². The lowest BCUT2D eigenvalue weighted by Crippen LogP contribution is -2.39. The quantitative estimate of drug-likeness (QED) is 0.415. The molecule has 1 aliphatic carbocycles. The van der Waals surface area contributed by atoms with Gasteiger partial charge in [-0.15, -0.1) is 11.8 Å². The van der Waals surface area contributed by atoms with Crippen molar-refractivity contribution in [3.05, 3.63) is 30.3 Å². The first kappa shape index (κ1) is 19.5. The minimum absolute atomic E-state index is 0.210. The van der Waals surface area contributed by atoms with Crippen LogP contribution in [0.4, 0.5) is 0 Å². The van der Waals surface area contributed by atoms with Gasteiger partial charge in [0.05, 0.1) is 19.8 Å². The summed E-state index contributed by atoms with van der Waals surface area (Å²) < 4.78 is 5.59. The summed E-state index contributed by atoms with van der Waals surface area (Å²) in [5.41, 5.74) is 6.12. The normalized spacial score (nSPS) is 21.0. The fraction of sp³-hybridized carbons (Fsp3) is 0.650. The number of guanidine groups is 1. The van der Waals surface area contributed by atoms with Gasteiger partial charge in [0.1, 0.15) is 0 Å². The second-order valence-corrected chi connectivity index (χ2v) is 8.78. The van der Waals surface area contributed by atoms with Crippen molar-refractivity contribution in [3.8, 4) is 0 Å². The van der Waals surface area contributed by atoms with Crippen LogP contribution in [0, 0.1) is 0 Å². The van der Waals surface area contributed by atoms with Gasteiger partial charge >= 0.3 is 0 Å². The third kappa shape index (κ3) is 6.18. The smallest absolute Gasteiger partial charge is 0.188 e. The van der Waals surface area contributed by atoms with Crippen LogP contribution >= 0.6 is 11.8 Å². The fourth-order valence-corrected chi connectivity index (χ4v) is 5.09. The predicted octanol–water partition coefficient (Wildman–Crippen LogP) is 2.72. The Kier molecular flexibility index (Phi) is 7.65. The van der Waals surface area contributed by atoms with Gasteiger partial charge in [0, 0.05) is 29.3 Å². The average Bonchev–Trinajstić information content (AvgIpc) is 3.14. The second-order valence-electron chi connectivity index (χ2n) is 7.24. The molecule has 26 heavy (non-hydrogen) atoms. The molecule has 1 aromatic rings. The van der Waals surface area contributed by atoms with E-state index in [9.17, 15) is 0 Å². The van der Waals surface area contributed by atoms with Crippen molar-refractivity contribution in [1.29, 1.82) is 0 Å². The van der Waals surface area contributed by atoms with E-state index in [1.54, 1.807) is 0 Å². The Bertz CT molecular complexity index is 554. The zero-order valence-corrected chi connectivity index (χ0v) is 16.5. The van der Waals surface area contributed by atoms with Gasteiger partial charge in [-0.3, -0.25) is 9.89 Å². The van der Waals surface area contributed by atoms with E-state index in [1.165, 1.54) is 30.6 Å². The summed E-state index contributed by atoms with van der Waals surface area (Å²) in [6.45, 7) is 6.58. The average molecular weight is 377 g/mol. The Morgan fingerprint density at radius 3 is 2.65 bits per heavy atom. The highest BCUT2D eigenvalue weighted by Gasteiger charge is 2.34. The maximum atomic E-state index is 6.12. The molecule has 0 atom stereocenters. The Morgan fingerprint density at radius 2 is 1.92 bits per heavy atom. The van der Waals surface area contributed by atoms with Crippen LogP contribution in [-0.4, -0.2) is 61.5 Å². The number of nitrogens with zero attached hydrogens (tertiary/aromatic N) is 2. The van der Waals surface area contributed by atoms with Crippen LogP contribution in [0.25, 0.3) is 0 Å². The zero-order chi connectivity index (χ0) is 18.1. The molecule has 6 heteroatoms. The fourth-order valence-electron chi connectivity index (χ4n) is 3.68. The molecule has 0 amide bonds. The number of rotatable bonds is 8. The van der Waals surface area contributed by atoms with Gasteiger partial charge < -0.3 is 15.8 Å². The summed E-state index contributed by atoms with van der Waals surface area (Å²) in [5.74, 6) is 0.590. The van der Waals surface area contributed by atoms with Gasteiger partial charge in [-0.1, -0.05) is 31.0 Å². The molecule has 0 bridgehead atoms. The van der Waals surface area contributed by atoms with Gasteiger partial charge in [-0.25, -0.2) is 0 Å². The highest BCUT2D eigenvalue weighted by Crippen LogP contribution is 2.45. The van der Waals surface area contributed by atoms with E-state index in [4.69, 9.17) is 10.5 Å². The molecule has 2 aliphatic rings. The van der Waals surface area contributed by atoms with E-state index in [0.29, 0.717) is 5.96 Å². The van der Waals surface area contributed by atoms with E-state index in [1.807, 2.05) is 11.8 Å². The minimum Gasteiger partial charge on any atom is -0.379 e. The molecule has 2 fully saturated rings. The minimum atomic E-state index is 0.210. The molecule has 3 rings (SSSR count). The summed E-state index contributed by atoms with van der Waals surface area (Å²) in [4.78, 5) is 8.47. The molecule has 0 radical (unpaired) electrons. The topological polar surface area (TPSA) is 62.9 Å². The molecule has 144 valence electrons. The second kappa shape index (κ2) is 10.2. The molecule has 1 aliphatic heterocycles. The molecule has 0 spiro atoms. The lowest BCUT2D eigenvalue weighted by atomic mass is 10.1. The maximum absolute atomic E-state index is 6.12. The number of thioether (sulfide) groups is 1. The summed E-state index contributed by atoms with van der Waals surface area (Å²) in [6.07, 6.45) is 6.12. The van der Waals surface area contributed by atoms with E-state index in [-0.39, 0.29) is 4.75 Å². The first-order valence-corrected chi connectivity index (χ1v) is 10.7. The van der Waals surface area contributed by atoms with Crippen molar-refractivity contribution >= 4 is 17.7 Å². The first-order valence-electron chi connectivity index (χ1n) is 9.84. The first-order chi connectivity index (χ1) is 12.8. The van der Waals surface area contributed by atoms with Crippen LogP contribution in [-0.2, 0) is 4.74 Å². The number of nitrogens with two attached hydrogens (primary N) is 1. The number of hydrogen-bond acceptors (Lipinski definition) is 4. The third-order valence-electron chi connectivity index (χ3n) is 5.19. The number of nitrogens with one attached hydrogen (secondary N) is 1. The molecule has 0 unspecified atom stereocenters. The third-order valence-corrected chi connectivity index (χ3v) is 6.67. The number of aliphatic imine (C=N–C) groups is 1. The largest absolute Gasteiger partial charge is 0.379 e. The maximum Gasteiger partial charge on any atom is 0.188 e. The van der Waals surface area contributed by atoms with E-state index < -0.39 is 0 Å². The SMILES string of the molecule is NC(=NCC1(Sc2ccccc2)CCCC1)NCCCN1CCOCC1. The number of ether oxygens (including phenoxy) is 1. The lowest BCUT2D eigenvalue weighted by molar-refractivity contribution is 0.0376. The van der Waals surface area contributed by atoms with Gasteiger partial charge in [-0.05, 0) is 37.9 Å². The molecule has 5 nitrogen and oxygen atoms in total. The van der Waals surface area contributed by atoms with Crippen molar-refractivity contribution < 1.29 is 4.74 Å². The molecule has 1 saturated heterocycles. The number of morpholine rings is 1. The van der Waals surface area contributed by atoms with Crippen molar-refractivity contribution in [3.63, 3.8) is 0 Å². The number of hydrogen-bond donors (Lipinski definition) is 2. The predicted molar refractivity (Wildman–Crippen MR) is 110 cm³/mol. The Labute approximate surface area is 161 Å². The van der Waals surface area contributed by atoms with Crippen LogP contribution < -0.4 is 11.1 Å². The van der Waals surface area contributed by atoms with Crippen LogP contribution in [0.15, 0.2) is 40.2 Å². The molecular weight excluding hydrogens is 344 g/mol. The Hall–Kier alpha value is -1.24. The van der Waals surface area contributed by atoms with Crippen molar-refractivity contribution in [2.75, 3.05) is 45.9 Å². The molecule has 0 aromatic heterocycles. The zero-order valence-electron chi connectivity index (χ0n) is 15.7. The van der Waals surface area contributed by atoms with Crippen LogP contribution in [0.3, 0.4) is 0 Å². The van der Waals surface area contributed by atoms with E-state index >= 15 is 0 Å². The molecule has 3 N–H and O–H groups in total. The monoisotopic (exact) mass is 376 g/mol.